The SMILES string of the molecule is CN1CCN(Cc2ccco2)CC1CCC(=O)O. The lowest BCUT2D eigenvalue weighted by atomic mass is 10.1. The van der Waals surface area contributed by atoms with Gasteiger partial charge in [-0.3, -0.25) is 9.69 Å². The first-order valence-corrected chi connectivity index (χ1v) is 6.32. The zero-order valence-corrected chi connectivity index (χ0v) is 10.7. The molecule has 0 aliphatic carbocycles. The van der Waals surface area contributed by atoms with Gasteiger partial charge in [0.05, 0.1) is 12.8 Å². The third-order valence-corrected chi connectivity index (χ3v) is 3.51. The summed E-state index contributed by atoms with van der Waals surface area (Å²) in [5, 5.41) is 8.76. The maximum atomic E-state index is 10.6. The van der Waals surface area contributed by atoms with Gasteiger partial charge >= 0.3 is 5.97 Å². The van der Waals surface area contributed by atoms with Gasteiger partial charge in [-0.05, 0) is 25.6 Å². The van der Waals surface area contributed by atoms with Gasteiger partial charge in [-0.15, -0.1) is 0 Å². The minimum absolute atomic E-state index is 0.240. The second kappa shape index (κ2) is 6.02. The summed E-state index contributed by atoms with van der Waals surface area (Å²) < 4.78 is 5.35. The number of likely N-dealkylation sites (N-methyl/N-ethyl adjacent to an activating group) is 1. The van der Waals surface area contributed by atoms with E-state index >= 15 is 0 Å². The molecule has 1 aromatic heterocycles. The van der Waals surface area contributed by atoms with E-state index in [9.17, 15) is 4.79 Å². The highest BCUT2D eigenvalue weighted by Crippen LogP contribution is 2.15. The topological polar surface area (TPSA) is 56.9 Å². The second-order valence-corrected chi connectivity index (χ2v) is 4.88. The van der Waals surface area contributed by atoms with E-state index in [4.69, 9.17) is 9.52 Å². The van der Waals surface area contributed by atoms with E-state index in [1.54, 1.807) is 6.26 Å². The van der Waals surface area contributed by atoms with Crippen LogP contribution in [0, 0.1) is 0 Å². The number of nitrogens with zero attached hydrogens (tertiary/aromatic N) is 2. The summed E-state index contributed by atoms with van der Waals surface area (Å²) in [6, 6.07) is 4.20. The van der Waals surface area contributed by atoms with E-state index in [0.29, 0.717) is 12.5 Å². The first-order chi connectivity index (χ1) is 8.65. The molecule has 100 valence electrons. The van der Waals surface area contributed by atoms with Gasteiger partial charge in [-0.1, -0.05) is 0 Å². The summed E-state index contributed by atoms with van der Waals surface area (Å²) >= 11 is 0. The highest BCUT2D eigenvalue weighted by molar-refractivity contribution is 5.66. The molecule has 2 rings (SSSR count). The van der Waals surface area contributed by atoms with Crippen LogP contribution in [0.5, 0.6) is 0 Å². The molecule has 1 unspecified atom stereocenters. The average molecular weight is 252 g/mol. The van der Waals surface area contributed by atoms with Crippen molar-refractivity contribution in [2.24, 2.45) is 0 Å². The lowest BCUT2D eigenvalue weighted by Crippen LogP contribution is -2.51. The summed E-state index contributed by atoms with van der Waals surface area (Å²) in [5.74, 6) is 0.253. The Morgan fingerprint density at radius 1 is 1.56 bits per heavy atom. The first kappa shape index (κ1) is 13.1. The largest absolute Gasteiger partial charge is 0.481 e. The van der Waals surface area contributed by atoms with Gasteiger partial charge in [-0.25, -0.2) is 0 Å². The normalized spacial score (nSPS) is 22.2. The van der Waals surface area contributed by atoms with Gasteiger partial charge in [0.15, 0.2) is 0 Å². The molecule has 0 radical (unpaired) electrons. The zero-order chi connectivity index (χ0) is 13.0. The Balaban J connectivity index is 1.85. The van der Waals surface area contributed by atoms with Crippen LogP contribution in [0.1, 0.15) is 18.6 Å². The Bertz CT molecular complexity index is 378. The lowest BCUT2D eigenvalue weighted by Gasteiger charge is -2.39. The summed E-state index contributed by atoms with van der Waals surface area (Å²) in [5.41, 5.74) is 0. The third-order valence-electron chi connectivity index (χ3n) is 3.51. The number of carboxylic acids is 1. The van der Waals surface area contributed by atoms with E-state index < -0.39 is 5.97 Å². The monoisotopic (exact) mass is 252 g/mol. The number of aliphatic carboxylic acids is 1. The van der Waals surface area contributed by atoms with Gasteiger partial charge in [0.25, 0.3) is 0 Å². The van der Waals surface area contributed by atoms with Crippen molar-refractivity contribution in [2.75, 3.05) is 26.7 Å². The van der Waals surface area contributed by atoms with Crippen molar-refractivity contribution in [1.29, 1.82) is 0 Å². The van der Waals surface area contributed by atoms with Crippen LogP contribution in [0.3, 0.4) is 0 Å². The Hall–Kier alpha value is -1.33. The maximum absolute atomic E-state index is 10.6. The molecule has 0 spiro atoms. The Labute approximate surface area is 107 Å². The number of rotatable bonds is 5. The molecule has 0 bridgehead atoms. The predicted octanol–water partition coefficient (Wildman–Crippen LogP) is 1.26. The van der Waals surface area contributed by atoms with Crippen molar-refractivity contribution in [2.45, 2.75) is 25.4 Å². The smallest absolute Gasteiger partial charge is 0.303 e. The first-order valence-electron chi connectivity index (χ1n) is 6.32. The van der Waals surface area contributed by atoms with Crippen LogP contribution in [0.15, 0.2) is 22.8 Å². The molecule has 1 aromatic rings. The molecule has 0 amide bonds. The molecule has 1 aliphatic heterocycles. The fourth-order valence-corrected chi connectivity index (χ4v) is 2.38. The summed E-state index contributed by atoms with van der Waals surface area (Å²) in [6.07, 6.45) is 2.64. The van der Waals surface area contributed by atoms with Crippen LogP contribution in [-0.2, 0) is 11.3 Å². The minimum Gasteiger partial charge on any atom is -0.481 e. The number of hydrogen-bond donors (Lipinski definition) is 1. The molecule has 1 aliphatic rings. The van der Waals surface area contributed by atoms with Gasteiger partial charge < -0.3 is 14.4 Å². The lowest BCUT2D eigenvalue weighted by molar-refractivity contribution is -0.137. The Morgan fingerprint density at radius 2 is 2.39 bits per heavy atom. The van der Waals surface area contributed by atoms with Gasteiger partial charge in [0.1, 0.15) is 5.76 Å². The van der Waals surface area contributed by atoms with Crippen molar-refractivity contribution in [3.8, 4) is 0 Å². The maximum Gasteiger partial charge on any atom is 0.303 e. The van der Waals surface area contributed by atoms with Crippen molar-refractivity contribution in [3.05, 3.63) is 24.2 Å². The molecule has 2 heterocycles. The predicted molar refractivity (Wildman–Crippen MR) is 67.3 cm³/mol. The van der Waals surface area contributed by atoms with E-state index in [-0.39, 0.29) is 6.42 Å². The number of piperazine rings is 1. The molecular formula is C13H20N2O3. The van der Waals surface area contributed by atoms with E-state index in [1.807, 2.05) is 12.1 Å². The van der Waals surface area contributed by atoms with Crippen LogP contribution in [0.4, 0.5) is 0 Å². The third kappa shape index (κ3) is 3.58. The molecule has 1 fully saturated rings. The molecule has 5 nitrogen and oxygen atoms in total. The number of carbonyl (C=O) groups is 1. The van der Waals surface area contributed by atoms with Crippen LogP contribution < -0.4 is 0 Å². The standard InChI is InChI=1S/C13H20N2O3/c1-14-6-7-15(10-12-3-2-8-18-12)9-11(14)4-5-13(16)17/h2-3,8,11H,4-7,9-10H2,1H3,(H,16,17). The number of hydrogen-bond acceptors (Lipinski definition) is 4. The molecule has 1 N–H and O–H groups in total. The van der Waals surface area contributed by atoms with Crippen LogP contribution in [0.25, 0.3) is 0 Å². The van der Waals surface area contributed by atoms with Gasteiger partial charge in [-0.2, -0.15) is 0 Å². The van der Waals surface area contributed by atoms with Crippen molar-refractivity contribution in [1.82, 2.24) is 9.80 Å². The molecule has 5 heteroatoms. The number of carboxylic acid groups (broad SMARTS) is 1. The quantitative estimate of drug-likeness (QED) is 0.855. The Morgan fingerprint density at radius 3 is 3.06 bits per heavy atom. The van der Waals surface area contributed by atoms with Crippen LogP contribution in [-0.4, -0.2) is 53.6 Å². The van der Waals surface area contributed by atoms with E-state index in [1.165, 1.54) is 0 Å². The second-order valence-electron chi connectivity index (χ2n) is 4.88. The molecule has 0 aromatic carbocycles. The van der Waals surface area contributed by atoms with Gasteiger partial charge in [0, 0.05) is 32.1 Å². The molecule has 1 atom stereocenters. The van der Waals surface area contributed by atoms with E-state index in [2.05, 4.69) is 16.8 Å². The van der Waals surface area contributed by atoms with Crippen molar-refractivity contribution < 1.29 is 14.3 Å². The molecule has 1 saturated heterocycles. The highest BCUT2D eigenvalue weighted by atomic mass is 16.4. The fraction of sp³-hybridized carbons (Fsp3) is 0.615. The summed E-state index contributed by atoms with van der Waals surface area (Å²) in [6.45, 7) is 3.70. The Kier molecular flexibility index (Phi) is 4.38. The summed E-state index contributed by atoms with van der Waals surface area (Å²) in [4.78, 5) is 15.2. The van der Waals surface area contributed by atoms with E-state index in [0.717, 1.165) is 31.9 Å². The zero-order valence-electron chi connectivity index (χ0n) is 10.7. The molecular weight excluding hydrogens is 232 g/mol. The fourth-order valence-electron chi connectivity index (χ4n) is 2.38. The molecule has 18 heavy (non-hydrogen) atoms. The van der Waals surface area contributed by atoms with Crippen molar-refractivity contribution in [3.63, 3.8) is 0 Å². The molecule has 0 saturated carbocycles. The van der Waals surface area contributed by atoms with Crippen molar-refractivity contribution >= 4 is 5.97 Å². The highest BCUT2D eigenvalue weighted by Gasteiger charge is 2.25. The van der Waals surface area contributed by atoms with Crippen LogP contribution in [0.2, 0.25) is 0 Å². The van der Waals surface area contributed by atoms with Crippen LogP contribution >= 0.6 is 0 Å². The summed E-state index contributed by atoms with van der Waals surface area (Å²) in [7, 11) is 2.07. The minimum atomic E-state index is -0.716. The average Bonchev–Trinajstić information content (AvgIpc) is 2.82. The van der Waals surface area contributed by atoms with Gasteiger partial charge in [0.2, 0.25) is 0 Å². The number of furan rings is 1.